The molecule has 1 amide bonds. The van der Waals surface area contributed by atoms with Crippen LogP contribution in [0.2, 0.25) is 0 Å². The molecule has 4 N–H and O–H groups in total. The number of hydrogen-bond donors (Lipinski definition) is 4. The molecule has 4 aromatic rings. The summed E-state index contributed by atoms with van der Waals surface area (Å²) in [5.41, 5.74) is 5.88. The zero-order valence-corrected chi connectivity index (χ0v) is 27.9. The fraction of sp³-hybridized carbons (Fsp3) is 0.308. The Morgan fingerprint density at radius 2 is 1.47 bits per heavy atom. The average molecular weight is 684 g/mol. The highest BCUT2D eigenvalue weighted by Crippen LogP contribution is 2.40. The number of hydrogen-bond acceptors (Lipinski definition) is 7. The molecule has 10 heteroatoms. The number of unbranched alkanes of at least 4 members (excludes halogenated alkanes) is 2. The Morgan fingerprint density at radius 3 is 2.18 bits per heavy atom. The van der Waals surface area contributed by atoms with Crippen molar-refractivity contribution in [2.75, 3.05) is 5.75 Å². The van der Waals surface area contributed by atoms with Gasteiger partial charge in [0.15, 0.2) is 6.29 Å². The van der Waals surface area contributed by atoms with Gasteiger partial charge in [-0.1, -0.05) is 67.1 Å². The van der Waals surface area contributed by atoms with Crippen LogP contribution in [0.3, 0.4) is 0 Å². The van der Waals surface area contributed by atoms with Gasteiger partial charge in [0.25, 0.3) is 0 Å². The zero-order valence-electron chi connectivity index (χ0n) is 27.1. The van der Waals surface area contributed by atoms with E-state index in [9.17, 15) is 24.6 Å². The van der Waals surface area contributed by atoms with E-state index < -0.39 is 18.2 Å². The SMILES string of the molecule is O=C(O)CCCCCC(=O)NCc1cccc(-c2cccc(C3OC(CSc4ccc(C(=O)O)cc4)CC(c4ccc(CO)cc4)O3)c2)c1. The number of amides is 1. The third-order valence-electron chi connectivity index (χ3n) is 8.36. The summed E-state index contributed by atoms with van der Waals surface area (Å²) < 4.78 is 13.1. The second kappa shape index (κ2) is 17.8. The van der Waals surface area contributed by atoms with E-state index >= 15 is 0 Å². The van der Waals surface area contributed by atoms with Crippen molar-refractivity contribution in [2.24, 2.45) is 0 Å². The highest BCUT2D eigenvalue weighted by Gasteiger charge is 2.32. The van der Waals surface area contributed by atoms with Crippen molar-refractivity contribution in [3.63, 3.8) is 0 Å². The smallest absolute Gasteiger partial charge is 0.335 e. The number of ether oxygens (including phenoxy) is 2. The van der Waals surface area contributed by atoms with Gasteiger partial charge in [-0.25, -0.2) is 4.79 Å². The molecule has 0 bridgehead atoms. The maximum Gasteiger partial charge on any atom is 0.335 e. The number of nitrogens with one attached hydrogen (secondary N) is 1. The molecular weight excluding hydrogens is 642 g/mol. The number of carbonyl (C=O) groups is 3. The molecule has 0 radical (unpaired) electrons. The Kier molecular flexibility index (Phi) is 13.0. The van der Waals surface area contributed by atoms with Crippen LogP contribution < -0.4 is 5.32 Å². The van der Waals surface area contributed by atoms with Crippen LogP contribution in [-0.2, 0) is 32.2 Å². The third kappa shape index (κ3) is 10.8. The number of benzene rings is 4. The van der Waals surface area contributed by atoms with Crippen LogP contribution in [0.1, 0.15) is 83.5 Å². The molecule has 0 spiro atoms. The molecule has 1 saturated heterocycles. The highest BCUT2D eigenvalue weighted by atomic mass is 32.2. The molecule has 0 aliphatic carbocycles. The highest BCUT2D eigenvalue weighted by molar-refractivity contribution is 7.99. The van der Waals surface area contributed by atoms with Crippen molar-refractivity contribution >= 4 is 29.6 Å². The molecule has 9 nitrogen and oxygen atoms in total. The van der Waals surface area contributed by atoms with Crippen molar-refractivity contribution in [3.05, 3.63) is 125 Å². The van der Waals surface area contributed by atoms with Gasteiger partial charge in [-0.15, -0.1) is 11.8 Å². The van der Waals surface area contributed by atoms with Crippen LogP contribution in [0.5, 0.6) is 0 Å². The molecule has 1 aliphatic heterocycles. The number of aliphatic hydroxyl groups is 1. The Morgan fingerprint density at radius 1 is 0.755 bits per heavy atom. The summed E-state index contributed by atoms with van der Waals surface area (Å²) in [6.45, 7) is 0.361. The fourth-order valence-electron chi connectivity index (χ4n) is 5.66. The Labute approximate surface area is 290 Å². The number of aromatic carboxylic acids is 1. The van der Waals surface area contributed by atoms with Crippen molar-refractivity contribution < 1.29 is 39.2 Å². The maximum atomic E-state index is 12.4. The summed E-state index contributed by atoms with van der Waals surface area (Å²) in [7, 11) is 0. The van der Waals surface area contributed by atoms with Crippen LogP contribution >= 0.6 is 11.8 Å². The summed E-state index contributed by atoms with van der Waals surface area (Å²) in [5.74, 6) is -1.18. The number of carbonyl (C=O) groups excluding carboxylic acids is 1. The van der Waals surface area contributed by atoms with Crippen molar-refractivity contribution in [1.82, 2.24) is 5.32 Å². The standard InChI is InChI=1S/C39H41NO8S/c41-24-26-12-14-28(15-13-26)35-22-33(25-49-34-18-16-29(17-19-34)38(45)46)47-39(48-35)32-9-5-8-31(21-32)30-7-4-6-27(20-30)23-40-36(42)10-2-1-3-11-37(43)44/h4-9,12-21,33,35,39,41H,1-3,10-11,22-25H2,(H,40,42)(H,43,44)(H,45,46). The fourth-order valence-corrected chi connectivity index (χ4v) is 6.58. The molecule has 4 aromatic carbocycles. The van der Waals surface area contributed by atoms with Crippen LogP contribution in [0.25, 0.3) is 11.1 Å². The molecule has 49 heavy (non-hydrogen) atoms. The van der Waals surface area contributed by atoms with E-state index in [-0.39, 0.29) is 36.7 Å². The monoisotopic (exact) mass is 683 g/mol. The summed E-state index contributed by atoms with van der Waals surface area (Å²) in [6, 6.07) is 30.6. The van der Waals surface area contributed by atoms with Gasteiger partial charge in [0.2, 0.25) is 5.91 Å². The Hall–Kier alpha value is -4.48. The van der Waals surface area contributed by atoms with E-state index in [0.29, 0.717) is 44.4 Å². The van der Waals surface area contributed by atoms with Crippen molar-refractivity contribution in [3.8, 4) is 11.1 Å². The number of thioether (sulfide) groups is 1. The van der Waals surface area contributed by atoms with Gasteiger partial charge in [0.05, 0.1) is 24.4 Å². The molecule has 0 saturated carbocycles. The Bertz CT molecular complexity index is 1710. The molecule has 3 unspecified atom stereocenters. The first kappa shape index (κ1) is 35.8. The molecule has 1 heterocycles. The lowest BCUT2D eigenvalue weighted by atomic mass is 9.99. The van der Waals surface area contributed by atoms with Gasteiger partial charge in [-0.2, -0.15) is 0 Å². The van der Waals surface area contributed by atoms with E-state index in [1.807, 2.05) is 72.8 Å². The molecule has 0 aromatic heterocycles. The largest absolute Gasteiger partial charge is 0.481 e. The summed E-state index contributed by atoms with van der Waals surface area (Å²) in [6.07, 6.45) is 2.04. The molecule has 1 fully saturated rings. The van der Waals surface area contributed by atoms with Gasteiger partial charge in [-0.05, 0) is 77.1 Å². The number of carboxylic acid groups (broad SMARTS) is 2. The lowest BCUT2D eigenvalue weighted by Crippen LogP contribution is -2.31. The van der Waals surface area contributed by atoms with Gasteiger partial charge < -0.3 is 30.1 Å². The van der Waals surface area contributed by atoms with Gasteiger partial charge in [0, 0.05) is 42.0 Å². The number of carboxylic acids is 2. The minimum Gasteiger partial charge on any atom is -0.481 e. The van der Waals surface area contributed by atoms with E-state index in [0.717, 1.165) is 38.3 Å². The molecule has 256 valence electrons. The summed E-state index contributed by atoms with van der Waals surface area (Å²) in [4.78, 5) is 35.2. The second-order valence-corrected chi connectivity index (χ2v) is 13.1. The number of aliphatic hydroxyl groups excluding tert-OH is 1. The second-order valence-electron chi connectivity index (χ2n) is 12.0. The topological polar surface area (TPSA) is 142 Å². The van der Waals surface area contributed by atoms with Crippen LogP contribution in [0.4, 0.5) is 0 Å². The number of rotatable bonds is 16. The van der Waals surface area contributed by atoms with Crippen LogP contribution in [0, 0.1) is 0 Å². The first-order valence-electron chi connectivity index (χ1n) is 16.4. The average Bonchev–Trinajstić information content (AvgIpc) is 3.13. The minimum atomic E-state index is -0.957. The predicted molar refractivity (Wildman–Crippen MR) is 187 cm³/mol. The van der Waals surface area contributed by atoms with Gasteiger partial charge in [-0.3, -0.25) is 9.59 Å². The normalized spacial score (nSPS) is 17.4. The molecule has 1 aliphatic rings. The van der Waals surface area contributed by atoms with Crippen molar-refractivity contribution in [2.45, 2.75) is 75.1 Å². The van der Waals surface area contributed by atoms with Crippen LogP contribution in [0.15, 0.2) is 102 Å². The summed E-state index contributed by atoms with van der Waals surface area (Å²) in [5, 5.41) is 30.5. The minimum absolute atomic E-state index is 0.0337. The lowest BCUT2D eigenvalue weighted by molar-refractivity contribution is -0.245. The van der Waals surface area contributed by atoms with Gasteiger partial charge >= 0.3 is 11.9 Å². The zero-order chi connectivity index (χ0) is 34.6. The molecule has 3 atom stereocenters. The van der Waals surface area contributed by atoms with E-state index in [4.69, 9.17) is 14.6 Å². The maximum absolute atomic E-state index is 12.4. The van der Waals surface area contributed by atoms with E-state index in [1.165, 1.54) is 0 Å². The van der Waals surface area contributed by atoms with E-state index in [1.54, 1.807) is 23.9 Å². The van der Waals surface area contributed by atoms with Gasteiger partial charge in [0.1, 0.15) is 0 Å². The molecular formula is C39H41NO8S. The van der Waals surface area contributed by atoms with Crippen molar-refractivity contribution in [1.29, 1.82) is 0 Å². The first-order valence-corrected chi connectivity index (χ1v) is 17.4. The summed E-state index contributed by atoms with van der Waals surface area (Å²) >= 11 is 1.61. The van der Waals surface area contributed by atoms with Crippen LogP contribution in [-0.4, -0.2) is 45.0 Å². The molecule has 5 rings (SSSR count). The predicted octanol–water partition coefficient (Wildman–Crippen LogP) is 7.53. The first-order chi connectivity index (χ1) is 23.8. The number of aliphatic carboxylic acids is 1. The van der Waals surface area contributed by atoms with E-state index in [2.05, 4.69) is 17.4 Å². The third-order valence-corrected chi connectivity index (χ3v) is 9.50. The quantitative estimate of drug-likeness (QED) is 0.0696. The Balaban J connectivity index is 1.26. The lowest BCUT2D eigenvalue weighted by Gasteiger charge is -2.36.